The van der Waals surface area contributed by atoms with Crippen LogP contribution in [0.2, 0.25) is 0 Å². The van der Waals surface area contributed by atoms with Crippen LogP contribution in [0.4, 0.5) is 0 Å². The molecule has 0 aliphatic carbocycles. The average Bonchev–Trinajstić information content (AvgIpc) is 2.62. The van der Waals surface area contributed by atoms with Crippen LogP contribution < -0.4 is 0 Å². The van der Waals surface area contributed by atoms with Crippen molar-refractivity contribution >= 4 is 10.9 Å². The predicted molar refractivity (Wildman–Crippen MR) is 52.4 cm³/mol. The number of hydrogen-bond donors (Lipinski definition) is 1. The summed E-state index contributed by atoms with van der Waals surface area (Å²) < 4.78 is 0. The van der Waals surface area contributed by atoms with Gasteiger partial charge in [0.05, 0.1) is 11.6 Å². The number of nitrogens with zero attached hydrogens (tertiary/aromatic N) is 1. The number of hydrogen-bond acceptors (Lipinski definition) is 1. The van der Waals surface area contributed by atoms with Crippen LogP contribution in [0.3, 0.4) is 0 Å². The zero-order chi connectivity index (χ0) is 9.26. The van der Waals surface area contributed by atoms with E-state index in [0.29, 0.717) is 0 Å². The number of aromatic nitrogens is 1. The van der Waals surface area contributed by atoms with Crippen molar-refractivity contribution in [2.45, 2.75) is 13.3 Å². The molecule has 0 fully saturated rings. The van der Waals surface area contributed by atoms with Crippen molar-refractivity contribution < 1.29 is 0 Å². The van der Waals surface area contributed by atoms with E-state index >= 15 is 0 Å². The van der Waals surface area contributed by atoms with Gasteiger partial charge in [0.1, 0.15) is 0 Å². The molecular formula is C11H10N2. The molecule has 2 aromatic rings. The Balaban J connectivity index is 2.76. The summed E-state index contributed by atoms with van der Waals surface area (Å²) in [5.41, 5.74) is 3.00. The number of fused-ring (bicyclic) bond motifs is 1. The minimum Gasteiger partial charge on any atom is -0.361 e. The van der Waals surface area contributed by atoms with Gasteiger partial charge >= 0.3 is 0 Å². The van der Waals surface area contributed by atoms with Crippen molar-refractivity contribution in [2.24, 2.45) is 0 Å². The molecule has 2 nitrogen and oxygen atoms in total. The first-order valence-electron chi connectivity index (χ1n) is 4.35. The molecule has 1 heterocycles. The van der Waals surface area contributed by atoms with E-state index in [2.05, 4.69) is 18.0 Å². The maximum atomic E-state index is 8.89. The Labute approximate surface area is 76.8 Å². The third kappa shape index (κ3) is 1.19. The predicted octanol–water partition coefficient (Wildman–Crippen LogP) is 2.60. The van der Waals surface area contributed by atoms with Crippen LogP contribution in [0.5, 0.6) is 0 Å². The standard InChI is InChI=1S/C11H10N2/c1-2-8-6-11-9(3-4-13-11)5-10(8)7-12/h3-6,13H,2H2,1H3. The van der Waals surface area contributed by atoms with E-state index in [1.807, 2.05) is 24.4 Å². The number of nitrogens with one attached hydrogen (secondary N) is 1. The lowest BCUT2D eigenvalue weighted by Gasteiger charge is -1.99. The van der Waals surface area contributed by atoms with Gasteiger partial charge in [0, 0.05) is 17.1 Å². The molecule has 0 unspecified atom stereocenters. The highest BCUT2D eigenvalue weighted by Gasteiger charge is 2.02. The van der Waals surface area contributed by atoms with Crippen molar-refractivity contribution in [2.75, 3.05) is 0 Å². The summed E-state index contributed by atoms with van der Waals surface area (Å²) in [5.74, 6) is 0. The summed E-state index contributed by atoms with van der Waals surface area (Å²) in [6.45, 7) is 2.06. The molecule has 0 saturated carbocycles. The van der Waals surface area contributed by atoms with Crippen LogP contribution in [-0.4, -0.2) is 4.98 Å². The average molecular weight is 170 g/mol. The van der Waals surface area contributed by atoms with E-state index in [9.17, 15) is 0 Å². The molecule has 0 bridgehead atoms. The molecular weight excluding hydrogens is 160 g/mol. The van der Waals surface area contributed by atoms with Crippen molar-refractivity contribution in [3.63, 3.8) is 0 Å². The molecule has 1 N–H and O–H groups in total. The number of aromatic amines is 1. The lowest BCUT2D eigenvalue weighted by molar-refractivity contribution is 1.13. The molecule has 0 aliphatic heterocycles. The molecule has 0 amide bonds. The fourth-order valence-corrected chi connectivity index (χ4v) is 1.54. The Morgan fingerprint density at radius 2 is 2.31 bits per heavy atom. The third-order valence-corrected chi connectivity index (χ3v) is 2.28. The van der Waals surface area contributed by atoms with Crippen molar-refractivity contribution in [3.8, 4) is 6.07 Å². The first-order chi connectivity index (χ1) is 6.35. The maximum absolute atomic E-state index is 8.89. The van der Waals surface area contributed by atoms with Crippen LogP contribution in [0, 0.1) is 11.3 Å². The zero-order valence-corrected chi connectivity index (χ0v) is 7.46. The number of benzene rings is 1. The van der Waals surface area contributed by atoms with Crippen molar-refractivity contribution in [1.29, 1.82) is 5.26 Å². The van der Waals surface area contributed by atoms with Crippen molar-refractivity contribution in [3.05, 3.63) is 35.5 Å². The Bertz CT molecular complexity index is 474. The van der Waals surface area contributed by atoms with E-state index in [-0.39, 0.29) is 0 Å². The lowest BCUT2D eigenvalue weighted by Crippen LogP contribution is -1.86. The monoisotopic (exact) mass is 170 g/mol. The molecule has 2 rings (SSSR count). The van der Waals surface area contributed by atoms with Crippen LogP contribution in [0.25, 0.3) is 10.9 Å². The highest BCUT2D eigenvalue weighted by Crippen LogP contribution is 2.18. The molecule has 0 atom stereocenters. The van der Waals surface area contributed by atoms with Crippen LogP contribution in [-0.2, 0) is 6.42 Å². The van der Waals surface area contributed by atoms with Gasteiger partial charge in [0.2, 0.25) is 0 Å². The van der Waals surface area contributed by atoms with Gasteiger partial charge in [0.25, 0.3) is 0 Å². The van der Waals surface area contributed by atoms with Gasteiger partial charge in [-0.2, -0.15) is 5.26 Å². The van der Waals surface area contributed by atoms with Gasteiger partial charge in [-0.3, -0.25) is 0 Å². The number of aryl methyl sites for hydroxylation is 1. The van der Waals surface area contributed by atoms with Gasteiger partial charge in [-0.1, -0.05) is 6.92 Å². The molecule has 0 aliphatic rings. The van der Waals surface area contributed by atoms with E-state index in [4.69, 9.17) is 5.26 Å². The second-order valence-corrected chi connectivity index (χ2v) is 3.04. The maximum Gasteiger partial charge on any atom is 0.0994 e. The number of nitriles is 1. The Kier molecular flexibility index (Phi) is 1.79. The topological polar surface area (TPSA) is 39.6 Å². The molecule has 13 heavy (non-hydrogen) atoms. The Morgan fingerprint density at radius 3 is 3.00 bits per heavy atom. The van der Waals surface area contributed by atoms with E-state index in [0.717, 1.165) is 28.5 Å². The summed E-state index contributed by atoms with van der Waals surface area (Å²) in [4.78, 5) is 3.14. The Hall–Kier alpha value is -1.75. The first kappa shape index (κ1) is 7.88. The third-order valence-electron chi connectivity index (χ3n) is 2.28. The van der Waals surface area contributed by atoms with E-state index in [1.165, 1.54) is 0 Å². The van der Waals surface area contributed by atoms with Gasteiger partial charge in [-0.05, 0) is 30.2 Å². The fraction of sp³-hybridized carbons (Fsp3) is 0.182. The highest BCUT2D eigenvalue weighted by atomic mass is 14.7. The minimum atomic E-state index is 0.787. The van der Waals surface area contributed by atoms with Crippen LogP contribution >= 0.6 is 0 Å². The summed E-state index contributed by atoms with van der Waals surface area (Å²) in [6.07, 6.45) is 2.79. The van der Waals surface area contributed by atoms with Crippen LogP contribution in [0.15, 0.2) is 24.4 Å². The number of rotatable bonds is 1. The second-order valence-electron chi connectivity index (χ2n) is 3.04. The quantitative estimate of drug-likeness (QED) is 0.702. The highest BCUT2D eigenvalue weighted by molar-refractivity contribution is 5.81. The molecule has 2 heteroatoms. The van der Waals surface area contributed by atoms with Crippen molar-refractivity contribution in [1.82, 2.24) is 4.98 Å². The van der Waals surface area contributed by atoms with E-state index in [1.54, 1.807) is 0 Å². The zero-order valence-electron chi connectivity index (χ0n) is 7.46. The molecule has 0 spiro atoms. The largest absolute Gasteiger partial charge is 0.361 e. The van der Waals surface area contributed by atoms with Gasteiger partial charge in [-0.25, -0.2) is 0 Å². The SMILES string of the molecule is CCc1cc2[nH]ccc2cc1C#N. The van der Waals surface area contributed by atoms with Crippen LogP contribution in [0.1, 0.15) is 18.1 Å². The first-order valence-corrected chi connectivity index (χ1v) is 4.35. The summed E-state index contributed by atoms with van der Waals surface area (Å²) in [6, 6.07) is 8.18. The molecule has 0 radical (unpaired) electrons. The summed E-state index contributed by atoms with van der Waals surface area (Å²) in [7, 11) is 0. The van der Waals surface area contributed by atoms with E-state index < -0.39 is 0 Å². The summed E-state index contributed by atoms with van der Waals surface area (Å²) in [5, 5.41) is 9.99. The molecule has 1 aromatic carbocycles. The molecule has 1 aromatic heterocycles. The molecule has 0 saturated heterocycles. The minimum absolute atomic E-state index is 0.787. The summed E-state index contributed by atoms with van der Waals surface area (Å²) >= 11 is 0. The second kappa shape index (κ2) is 2.95. The fourth-order valence-electron chi connectivity index (χ4n) is 1.54. The lowest BCUT2D eigenvalue weighted by atomic mass is 10.0. The Morgan fingerprint density at radius 1 is 1.46 bits per heavy atom. The van der Waals surface area contributed by atoms with Gasteiger partial charge in [-0.15, -0.1) is 0 Å². The number of H-pyrrole nitrogens is 1. The molecule has 64 valence electrons. The normalized spacial score (nSPS) is 10.2. The van der Waals surface area contributed by atoms with Gasteiger partial charge < -0.3 is 4.98 Å². The van der Waals surface area contributed by atoms with Gasteiger partial charge in [0.15, 0.2) is 0 Å². The smallest absolute Gasteiger partial charge is 0.0994 e.